The molecule has 172 valence electrons. The van der Waals surface area contributed by atoms with Gasteiger partial charge in [0.15, 0.2) is 0 Å². The Bertz CT molecular complexity index is 1530. The molecule has 3 heterocycles. The van der Waals surface area contributed by atoms with Crippen LogP contribution in [0.15, 0.2) is 59.5 Å². The molecule has 1 aliphatic rings. The molecule has 0 bridgehead atoms. The molecule has 2 aromatic carbocycles. The van der Waals surface area contributed by atoms with E-state index in [1.807, 2.05) is 70.2 Å². The number of benzene rings is 2. The van der Waals surface area contributed by atoms with Crippen molar-refractivity contribution in [3.63, 3.8) is 0 Å². The summed E-state index contributed by atoms with van der Waals surface area (Å²) in [7, 11) is 1.77. The van der Waals surface area contributed by atoms with E-state index in [1.165, 1.54) is 0 Å². The summed E-state index contributed by atoms with van der Waals surface area (Å²) in [6.45, 7) is 7.89. The van der Waals surface area contributed by atoms with Gasteiger partial charge in [-0.3, -0.25) is 14.6 Å². The number of anilines is 1. The minimum atomic E-state index is -0.334. The normalized spacial score (nSPS) is 14.0. The number of aryl methyl sites for hydroxylation is 3. The lowest BCUT2D eigenvalue weighted by atomic mass is 9.99. The number of rotatable bonds is 3. The monoisotopic (exact) mass is 453 g/mol. The largest absolute Gasteiger partial charge is 0.486 e. The van der Waals surface area contributed by atoms with Crippen molar-refractivity contribution in [2.45, 2.75) is 39.7 Å². The molecule has 0 radical (unpaired) electrons. The van der Waals surface area contributed by atoms with Crippen LogP contribution in [-0.4, -0.2) is 21.1 Å². The lowest BCUT2D eigenvalue weighted by Crippen LogP contribution is -2.25. The van der Waals surface area contributed by atoms with Crippen LogP contribution in [0.1, 0.15) is 41.0 Å². The van der Waals surface area contributed by atoms with Gasteiger partial charge in [0.05, 0.1) is 11.1 Å². The van der Waals surface area contributed by atoms with Gasteiger partial charge < -0.3 is 14.6 Å². The maximum Gasteiger partial charge on any atom is 0.259 e. The van der Waals surface area contributed by atoms with Crippen LogP contribution in [0.4, 0.5) is 5.69 Å². The van der Waals surface area contributed by atoms with Gasteiger partial charge in [-0.15, -0.1) is 0 Å². The first kappa shape index (κ1) is 21.9. The standard InChI is InChI=1S/C28H27N3O3/c1-16-9-10-20(30-26(32)21-8-6-7-18-14-28(3,4)34-25(18)21)13-22(16)23-12-19-15-29-17(2)11-24(19)31(5)27(23)33/h6-13,15H,14H2,1-5H3,(H,30,32). The zero-order chi connectivity index (χ0) is 24.2. The number of hydrogen-bond donors (Lipinski definition) is 1. The first-order valence-electron chi connectivity index (χ1n) is 11.3. The highest BCUT2D eigenvalue weighted by atomic mass is 16.5. The Balaban J connectivity index is 1.53. The lowest BCUT2D eigenvalue weighted by molar-refractivity contribution is 0.101. The molecule has 0 fully saturated rings. The van der Waals surface area contributed by atoms with Crippen molar-refractivity contribution in [2.24, 2.45) is 7.05 Å². The summed E-state index contributed by atoms with van der Waals surface area (Å²) in [5.74, 6) is 0.402. The molecule has 1 N–H and O–H groups in total. The number of carbonyl (C=O) groups excluding carboxylic acids is 1. The van der Waals surface area contributed by atoms with Gasteiger partial charge in [0.1, 0.15) is 11.4 Å². The number of carbonyl (C=O) groups is 1. The van der Waals surface area contributed by atoms with E-state index in [9.17, 15) is 9.59 Å². The minimum Gasteiger partial charge on any atom is -0.486 e. The molecule has 0 aliphatic carbocycles. The van der Waals surface area contributed by atoms with Crippen LogP contribution >= 0.6 is 0 Å². The molecule has 0 saturated carbocycles. The Morgan fingerprint density at radius 2 is 1.88 bits per heavy atom. The van der Waals surface area contributed by atoms with Crippen LogP contribution < -0.4 is 15.6 Å². The summed E-state index contributed by atoms with van der Waals surface area (Å²) in [6.07, 6.45) is 2.55. The third kappa shape index (κ3) is 3.75. The van der Waals surface area contributed by atoms with Gasteiger partial charge in [0, 0.05) is 42.0 Å². The van der Waals surface area contributed by atoms with Gasteiger partial charge in [-0.05, 0) is 74.7 Å². The average molecular weight is 454 g/mol. The quantitative estimate of drug-likeness (QED) is 0.464. The van der Waals surface area contributed by atoms with Crippen LogP contribution in [0, 0.1) is 13.8 Å². The number of aromatic nitrogens is 2. The van der Waals surface area contributed by atoms with Gasteiger partial charge in [-0.25, -0.2) is 0 Å². The molecule has 1 aliphatic heterocycles. The first-order valence-corrected chi connectivity index (χ1v) is 11.3. The van der Waals surface area contributed by atoms with Crippen LogP contribution in [-0.2, 0) is 13.5 Å². The van der Waals surface area contributed by atoms with Gasteiger partial charge in [-0.1, -0.05) is 18.2 Å². The molecule has 6 nitrogen and oxygen atoms in total. The molecule has 6 heteroatoms. The molecule has 0 saturated heterocycles. The summed E-state index contributed by atoms with van der Waals surface area (Å²) < 4.78 is 7.71. The molecule has 4 aromatic rings. The molecule has 0 atom stereocenters. The Kier molecular flexibility index (Phi) is 5.04. The Morgan fingerprint density at radius 3 is 2.68 bits per heavy atom. The number of nitrogens with zero attached hydrogens (tertiary/aromatic N) is 2. The summed E-state index contributed by atoms with van der Waals surface area (Å²) in [6, 6.07) is 15.1. The van der Waals surface area contributed by atoms with E-state index in [1.54, 1.807) is 23.9 Å². The highest BCUT2D eigenvalue weighted by molar-refractivity contribution is 6.07. The van der Waals surface area contributed by atoms with Crippen molar-refractivity contribution in [3.8, 4) is 16.9 Å². The van der Waals surface area contributed by atoms with Crippen LogP contribution in [0.2, 0.25) is 0 Å². The third-order valence-electron chi connectivity index (χ3n) is 6.37. The summed E-state index contributed by atoms with van der Waals surface area (Å²) >= 11 is 0. The summed E-state index contributed by atoms with van der Waals surface area (Å²) in [5.41, 5.74) is 5.71. The van der Waals surface area contributed by atoms with Crippen molar-refractivity contribution < 1.29 is 9.53 Å². The first-order chi connectivity index (χ1) is 16.1. The van der Waals surface area contributed by atoms with E-state index in [-0.39, 0.29) is 17.1 Å². The number of amides is 1. The number of hydrogen-bond acceptors (Lipinski definition) is 4. The van der Waals surface area contributed by atoms with E-state index >= 15 is 0 Å². The molecule has 34 heavy (non-hydrogen) atoms. The van der Waals surface area contributed by atoms with Crippen molar-refractivity contribution in [1.82, 2.24) is 9.55 Å². The molecule has 2 aromatic heterocycles. The zero-order valence-corrected chi connectivity index (χ0v) is 20.0. The van der Waals surface area contributed by atoms with Gasteiger partial charge in [0.2, 0.25) is 0 Å². The Morgan fingerprint density at radius 1 is 1.09 bits per heavy atom. The predicted molar refractivity (Wildman–Crippen MR) is 135 cm³/mol. The molecular formula is C28H27N3O3. The van der Waals surface area contributed by atoms with E-state index in [0.717, 1.165) is 39.7 Å². The van der Waals surface area contributed by atoms with Gasteiger partial charge in [0.25, 0.3) is 11.5 Å². The minimum absolute atomic E-state index is 0.0961. The Hall–Kier alpha value is -3.93. The SMILES string of the molecule is Cc1cc2c(cn1)cc(-c1cc(NC(=O)c3cccc4c3OC(C)(C)C4)ccc1C)c(=O)n2C. The van der Waals surface area contributed by atoms with E-state index in [4.69, 9.17) is 4.74 Å². The zero-order valence-electron chi connectivity index (χ0n) is 20.0. The van der Waals surface area contributed by atoms with Crippen LogP contribution in [0.5, 0.6) is 5.75 Å². The van der Waals surface area contributed by atoms with Crippen molar-refractivity contribution >= 4 is 22.5 Å². The number of nitrogens with one attached hydrogen (secondary N) is 1. The fraction of sp³-hybridized carbons (Fsp3) is 0.250. The maximum absolute atomic E-state index is 13.2. The molecule has 0 unspecified atom stereocenters. The highest BCUT2D eigenvalue weighted by Gasteiger charge is 2.33. The number of ether oxygens (including phenoxy) is 1. The lowest BCUT2D eigenvalue weighted by Gasteiger charge is -2.18. The molecule has 0 spiro atoms. The summed E-state index contributed by atoms with van der Waals surface area (Å²) in [5, 5.41) is 3.88. The topological polar surface area (TPSA) is 73.2 Å². The number of para-hydroxylation sites is 1. The van der Waals surface area contributed by atoms with E-state index < -0.39 is 0 Å². The van der Waals surface area contributed by atoms with Crippen molar-refractivity contribution in [3.05, 3.63) is 87.5 Å². The predicted octanol–water partition coefficient (Wildman–Crippen LogP) is 5.18. The van der Waals surface area contributed by atoms with Crippen LogP contribution in [0.25, 0.3) is 22.0 Å². The second-order valence-electron chi connectivity index (χ2n) is 9.62. The maximum atomic E-state index is 13.2. The van der Waals surface area contributed by atoms with Crippen LogP contribution in [0.3, 0.4) is 0 Å². The second kappa shape index (κ2) is 7.83. The van der Waals surface area contributed by atoms with Gasteiger partial charge >= 0.3 is 0 Å². The van der Waals surface area contributed by atoms with Crippen molar-refractivity contribution in [2.75, 3.05) is 5.32 Å². The van der Waals surface area contributed by atoms with E-state index in [2.05, 4.69) is 10.3 Å². The van der Waals surface area contributed by atoms with E-state index in [0.29, 0.717) is 22.6 Å². The average Bonchev–Trinajstić information content (AvgIpc) is 3.11. The molecule has 1 amide bonds. The Labute approximate surface area is 198 Å². The van der Waals surface area contributed by atoms with Gasteiger partial charge in [-0.2, -0.15) is 0 Å². The highest BCUT2D eigenvalue weighted by Crippen LogP contribution is 2.38. The second-order valence-corrected chi connectivity index (χ2v) is 9.62. The summed E-state index contributed by atoms with van der Waals surface area (Å²) in [4.78, 5) is 30.8. The number of fused-ring (bicyclic) bond motifs is 2. The fourth-order valence-corrected chi connectivity index (χ4v) is 4.64. The fourth-order valence-electron chi connectivity index (χ4n) is 4.64. The number of pyridine rings is 2. The molecular weight excluding hydrogens is 426 g/mol. The third-order valence-corrected chi connectivity index (χ3v) is 6.37. The van der Waals surface area contributed by atoms with Crippen molar-refractivity contribution in [1.29, 1.82) is 0 Å². The molecule has 5 rings (SSSR count). The smallest absolute Gasteiger partial charge is 0.259 e.